The number of amides is 1. The summed E-state index contributed by atoms with van der Waals surface area (Å²) in [4.78, 5) is 26.1. The maximum atomic E-state index is 12.5. The summed E-state index contributed by atoms with van der Waals surface area (Å²) in [6.07, 6.45) is -0.852. The van der Waals surface area contributed by atoms with Gasteiger partial charge in [0, 0.05) is 4.75 Å². The number of fused-ring (bicyclic) bond motifs is 1. The standard InChI is InChI=1S/C16H19NO4S/c1-16(2)12(15(20)21-3)17-13(19)10(14(17)22-16)11(18)9-7-5-4-6-8-9/h4-8,10-12,14,18H,1-3H3/t10-,11?,12+,14-/m1/s1. The minimum atomic E-state index is -0.852. The number of methoxy groups -OCH3 is 1. The van der Waals surface area contributed by atoms with Gasteiger partial charge >= 0.3 is 5.97 Å². The number of β-lactam (4-membered cyclic amide) rings is 1. The fraction of sp³-hybridized carbons (Fsp3) is 0.500. The Balaban J connectivity index is 1.86. The first-order chi connectivity index (χ1) is 10.4. The molecule has 2 aliphatic heterocycles. The quantitative estimate of drug-likeness (QED) is 0.676. The molecule has 2 saturated heterocycles. The predicted octanol–water partition coefficient (Wildman–Crippen LogP) is 1.57. The topological polar surface area (TPSA) is 66.8 Å². The van der Waals surface area contributed by atoms with Crippen LogP contribution in [0.2, 0.25) is 0 Å². The van der Waals surface area contributed by atoms with E-state index in [0.717, 1.165) is 5.56 Å². The van der Waals surface area contributed by atoms with Gasteiger partial charge in [0.15, 0.2) is 0 Å². The molecule has 0 radical (unpaired) electrons. The maximum absolute atomic E-state index is 12.5. The van der Waals surface area contributed by atoms with E-state index in [1.807, 2.05) is 44.2 Å². The highest BCUT2D eigenvalue weighted by Crippen LogP contribution is 2.56. The van der Waals surface area contributed by atoms with Crippen molar-refractivity contribution < 1.29 is 19.4 Å². The molecule has 22 heavy (non-hydrogen) atoms. The smallest absolute Gasteiger partial charge is 0.330 e. The van der Waals surface area contributed by atoms with E-state index in [1.165, 1.54) is 7.11 Å². The van der Waals surface area contributed by atoms with Crippen molar-refractivity contribution in [3.63, 3.8) is 0 Å². The summed E-state index contributed by atoms with van der Waals surface area (Å²) in [7, 11) is 1.33. The first kappa shape index (κ1) is 15.4. The number of ether oxygens (including phenoxy) is 1. The summed E-state index contributed by atoms with van der Waals surface area (Å²) in [5.74, 6) is -1.10. The molecule has 0 saturated carbocycles. The van der Waals surface area contributed by atoms with E-state index in [2.05, 4.69) is 0 Å². The van der Waals surface area contributed by atoms with Crippen LogP contribution in [0.1, 0.15) is 25.5 Å². The fourth-order valence-electron chi connectivity index (χ4n) is 3.28. The predicted molar refractivity (Wildman–Crippen MR) is 83.0 cm³/mol. The summed E-state index contributed by atoms with van der Waals surface area (Å²) in [5.41, 5.74) is 0.723. The molecule has 1 N–H and O–H groups in total. The third-order valence-electron chi connectivity index (χ3n) is 4.39. The molecule has 6 heteroatoms. The number of hydrogen-bond acceptors (Lipinski definition) is 5. The van der Waals surface area contributed by atoms with Gasteiger partial charge < -0.3 is 14.7 Å². The lowest BCUT2D eigenvalue weighted by molar-refractivity contribution is -0.170. The Morgan fingerprint density at radius 3 is 2.59 bits per heavy atom. The van der Waals surface area contributed by atoms with Crippen LogP contribution in [0.25, 0.3) is 0 Å². The largest absolute Gasteiger partial charge is 0.467 e. The second-order valence-corrected chi connectivity index (χ2v) is 7.94. The lowest BCUT2D eigenvalue weighted by atomic mass is 9.85. The minimum Gasteiger partial charge on any atom is -0.467 e. The summed E-state index contributed by atoms with van der Waals surface area (Å²) < 4.78 is 4.41. The average molecular weight is 321 g/mol. The van der Waals surface area contributed by atoms with E-state index < -0.39 is 28.8 Å². The van der Waals surface area contributed by atoms with Crippen LogP contribution in [0, 0.1) is 5.92 Å². The highest BCUT2D eigenvalue weighted by atomic mass is 32.2. The molecule has 5 nitrogen and oxygen atoms in total. The highest BCUT2D eigenvalue weighted by molar-refractivity contribution is 8.01. The number of aliphatic hydroxyl groups is 1. The number of hydrogen-bond donors (Lipinski definition) is 1. The Hall–Kier alpha value is -1.53. The Kier molecular flexibility index (Phi) is 3.69. The zero-order valence-electron chi connectivity index (χ0n) is 12.7. The third kappa shape index (κ3) is 2.13. The molecular weight excluding hydrogens is 302 g/mol. The summed E-state index contributed by atoms with van der Waals surface area (Å²) >= 11 is 1.55. The molecule has 1 unspecified atom stereocenters. The van der Waals surface area contributed by atoms with Crippen LogP contribution < -0.4 is 0 Å². The Labute approximate surface area is 133 Å². The second kappa shape index (κ2) is 5.28. The van der Waals surface area contributed by atoms with Crippen molar-refractivity contribution in [2.75, 3.05) is 7.11 Å². The van der Waals surface area contributed by atoms with Crippen molar-refractivity contribution in [2.45, 2.75) is 36.1 Å². The number of nitrogens with zero attached hydrogens (tertiary/aromatic N) is 1. The van der Waals surface area contributed by atoms with Crippen molar-refractivity contribution in [3.05, 3.63) is 35.9 Å². The molecule has 118 valence electrons. The molecule has 1 aromatic rings. The zero-order chi connectivity index (χ0) is 16.1. The number of thioether (sulfide) groups is 1. The summed E-state index contributed by atoms with van der Waals surface area (Å²) in [5, 5.41) is 10.3. The van der Waals surface area contributed by atoms with E-state index in [-0.39, 0.29) is 11.3 Å². The normalized spacial score (nSPS) is 30.5. The number of carbonyl (C=O) groups excluding carboxylic acids is 2. The molecule has 0 bridgehead atoms. The number of rotatable bonds is 3. The van der Waals surface area contributed by atoms with Gasteiger partial charge in [-0.25, -0.2) is 4.79 Å². The Bertz CT molecular complexity index is 603. The molecule has 1 amide bonds. The third-order valence-corrected chi connectivity index (χ3v) is 5.98. The lowest BCUT2D eigenvalue weighted by Crippen LogP contribution is -2.64. The fourth-order valence-corrected chi connectivity index (χ4v) is 4.99. The van der Waals surface area contributed by atoms with Gasteiger partial charge in [0.2, 0.25) is 5.91 Å². The second-order valence-electron chi connectivity index (χ2n) is 6.16. The molecule has 1 aromatic carbocycles. The van der Waals surface area contributed by atoms with Crippen molar-refractivity contribution in [2.24, 2.45) is 5.92 Å². The van der Waals surface area contributed by atoms with Crippen LogP contribution in [0.5, 0.6) is 0 Å². The highest BCUT2D eigenvalue weighted by Gasteiger charge is 2.65. The van der Waals surface area contributed by atoms with Crippen LogP contribution in [-0.2, 0) is 14.3 Å². The van der Waals surface area contributed by atoms with Crippen LogP contribution in [0.3, 0.4) is 0 Å². The van der Waals surface area contributed by atoms with Crippen LogP contribution in [0.4, 0.5) is 0 Å². The first-order valence-corrected chi connectivity index (χ1v) is 8.07. The number of aliphatic hydroxyl groups excluding tert-OH is 1. The average Bonchev–Trinajstić information content (AvgIpc) is 2.75. The molecule has 2 aliphatic rings. The van der Waals surface area contributed by atoms with Gasteiger partial charge in [0.25, 0.3) is 0 Å². The lowest BCUT2D eigenvalue weighted by Gasteiger charge is -2.45. The van der Waals surface area contributed by atoms with Gasteiger partial charge in [-0.1, -0.05) is 30.3 Å². The molecule has 0 aliphatic carbocycles. The molecule has 0 aromatic heterocycles. The van der Waals surface area contributed by atoms with Gasteiger partial charge in [-0.2, -0.15) is 0 Å². The number of esters is 1. The molecule has 4 atom stereocenters. The van der Waals surface area contributed by atoms with E-state index in [9.17, 15) is 14.7 Å². The molecular formula is C16H19NO4S. The number of benzene rings is 1. The SMILES string of the molecule is COC(=O)[C@@H]1N2C(=O)[C@@H](C(O)c3ccccc3)[C@H]2SC1(C)C. The molecule has 0 spiro atoms. The van der Waals surface area contributed by atoms with Crippen LogP contribution in [-0.4, -0.2) is 45.2 Å². The summed E-state index contributed by atoms with van der Waals surface area (Å²) in [6.45, 7) is 3.85. The first-order valence-electron chi connectivity index (χ1n) is 7.19. The van der Waals surface area contributed by atoms with E-state index in [0.29, 0.717) is 0 Å². The maximum Gasteiger partial charge on any atom is 0.330 e. The number of carbonyl (C=O) groups is 2. The zero-order valence-corrected chi connectivity index (χ0v) is 13.5. The van der Waals surface area contributed by atoms with Gasteiger partial charge in [0.1, 0.15) is 6.04 Å². The van der Waals surface area contributed by atoms with Gasteiger partial charge in [0.05, 0.1) is 24.5 Å². The van der Waals surface area contributed by atoms with Crippen molar-refractivity contribution in [1.29, 1.82) is 0 Å². The van der Waals surface area contributed by atoms with Crippen molar-refractivity contribution in [3.8, 4) is 0 Å². The van der Waals surface area contributed by atoms with Crippen LogP contribution >= 0.6 is 11.8 Å². The molecule has 3 rings (SSSR count). The van der Waals surface area contributed by atoms with Gasteiger partial charge in [-0.3, -0.25) is 4.79 Å². The van der Waals surface area contributed by atoms with Gasteiger partial charge in [-0.15, -0.1) is 11.8 Å². The monoisotopic (exact) mass is 321 g/mol. The van der Waals surface area contributed by atoms with Crippen molar-refractivity contribution >= 4 is 23.6 Å². The minimum absolute atomic E-state index is 0.185. The molecule has 2 fully saturated rings. The van der Waals surface area contributed by atoms with E-state index in [4.69, 9.17) is 4.74 Å². The Morgan fingerprint density at radius 2 is 2.00 bits per heavy atom. The summed E-state index contributed by atoms with van der Waals surface area (Å²) in [6, 6.07) is 8.56. The molecule has 2 heterocycles. The van der Waals surface area contributed by atoms with Crippen LogP contribution in [0.15, 0.2) is 30.3 Å². The van der Waals surface area contributed by atoms with Crippen molar-refractivity contribution in [1.82, 2.24) is 4.90 Å². The van der Waals surface area contributed by atoms with E-state index in [1.54, 1.807) is 16.7 Å². The van der Waals surface area contributed by atoms with E-state index >= 15 is 0 Å². The Morgan fingerprint density at radius 1 is 1.36 bits per heavy atom. The van der Waals surface area contributed by atoms with Gasteiger partial charge in [-0.05, 0) is 19.4 Å².